The minimum absolute atomic E-state index is 0.153. The SMILES string of the molecule is CC(=O)O.CCCCCCCCCCCCCCCCCC(N)=O.CCN(CC)CC. The molecule has 31 heavy (non-hydrogen) atoms. The minimum Gasteiger partial charge on any atom is -0.481 e. The second kappa shape index (κ2) is 31.1. The zero-order chi connectivity index (χ0) is 24.2. The molecule has 0 radical (unpaired) electrons. The van der Waals surface area contributed by atoms with Crippen molar-refractivity contribution in [3.63, 3.8) is 0 Å². The van der Waals surface area contributed by atoms with Crippen LogP contribution in [0.5, 0.6) is 0 Å². The van der Waals surface area contributed by atoms with Gasteiger partial charge in [0, 0.05) is 13.3 Å². The molecule has 0 aromatic rings. The minimum atomic E-state index is -0.833. The summed E-state index contributed by atoms with van der Waals surface area (Å²) in [5, 5.41) is 7.42. The second-order valence-corrected chi connectivity index (χ2v) is 8.30. The van der Waals surface area contributed by atoms with E-state index < -0.39 is 5.97 Å². The molecule has 1 amide bonds. The number of carboxylic acids is 1. The number of unbranched alkanes of at least 4 members (excludes halogenated alkanes) is 14. The summed E-state index contributed by atoms with van der Waals surface area (Å²) >= 11 is 0. The Bertz CT molecular complexity index is 349. The summed E-state index contributed by atoms with van der Waals surface area (Å²) < 4.78 is 0. The maximum atomic E-state index is 10.6. The van der Waals surface area contributed by atoms with Crippen LogP contribution in [0.2, 0.25) is 0 Å². The number of nitrogens with zero attached hydrogens (tertiary/aromatic N) is 1. The Morgan fingerprint density at radius 1 is 0.613 bits per heavy atom. The van der Waals surface area contributed by atoms with E-state index in [2.05, 4.69) is 32.6 Å². The molecule has 0 aromatic carbocycles. The van der Waals surface area contributed by atoms with E-state index in [1.807, 2.05) is 0 Å². The molecule has 0 aliphatic carbocycles. The van der Waals surface area contributed by atoms with Crippen LogP contribution < -0.4 is 5.73 Å². The first-order chi connectivity index (χ1) is 14.8. The van der Waals surface area contributed by atoms with E-state index in [0.29, 0.717) is 6.42 Å². The third-order valence-electron chi connectivity index (χ3n) is 5.37. The van der Waals surface area contributed by atoms with Crippen LogP contribution in [0.1, 0.15) is 137 Å². The van der Waals surface area contributed by atoms with Crippen molar-refractivity contribution in [3.05, 3.63) is 0 Å². The molecule has 0 aliphatic rings. The van der Waals surface area contributed by atoms with Crippen LogP contribution in [-0.2, 0) is 9.59 Å². The van der Waals surface area contributed by atoms with Gasteiger partial charge in [-0.25, -0.2) is 0 Å². The van der Waals surface area contributed by atoms with Crippen LogP contribution in [0.3, 0.4) is 0 Å². The lowest BCUT2D eigenvalue weighted by molar-refractivity contribution is -0.134. The Kier molecular flexibility index (Phi) is 34.6. The Labute approximate surface area is 194 Å². The Morgan fingerprint density at radius 2 is 0.871 bits per heavy atom. The molecule has 3 N–H and O–H groups in total. The first-order valence-corrected chi connectivity index (χ1v) is 13.1. The van der Waals surface area contributed by atoms with E-state index in [1.54, 1.807) is 0 Å². The van der Waals surface area contributed by atoms with Gasteiger partial charge in [-0.05, 0) is 26.1 Å². The number of hydrogen-bond acceptors (Lipinski definition) is 3. The van der Waals surface area contributed by atoms with Gasteiger partial charge in [0.15, 0.2) is 0 Å². The molecule has 0 unspecified atom stereocenters. The lowest BCUT2D eigenvalue weighted by atomic mass is 10.0. The summed E-state index contributed by atoms with van der Waals surface area (Å²) in [6.07, 6.45) is 20.9. The lowest BCUT2D eigenvalue weighted by Gasteiger charge is -2.13. The maximum absolute atomic E-state index is 10.6. The van der Waals surface area contributed by atoms with Crippen molar-refractivity contribution in [1.29, 1.82) is 0 Å². The molecule has 0 spiro atoms. The molecular weight excluding hydrogens is 388 g/mol. The molecule has 0 saturated carbocycles. The van der Waals surface area contributed by atoms with Crippen LogP contribution in [0.25, 0.3) is 0 Å². The molecular formula is C26H56N2O3. The summed E-state index contributed by atoms with van der Waals surface area (Å²) in [5.74, 6) is -0.986. The maximum Gasteiger partial charge on any atom is 0.300 e. The van der Waals surface area contributed by atoms with E-state index in [4.69, 9.17) is 15.6 Å². The molecule has 0 aromatic heterocycles. The monoisotopic (exact) mass is 444 g/mol. The van der Waals surface area contributed by atoms with Crippen LogP contribution in [0.15, 0.2) is 0 Å². The van der Waals surface area contributed by atoms with Gasteiger partial charge in [-0.2, -0.15) is 0 Å². The molecule has 0 atom stereocenters. The van der Waals surface area contributed by atoms with Gasteiger partial charge in [0.25, 0.3) is 5.97 Å². The quantitative estimate of drug-likeness (QED) is 0.207. The van der Waals surface area contributed by atoms with Gasteiger partial charge >= 0.3 is 0 Å². The summed E-state index contributed by atoms with van der Waals surface area (Å²) in [6, 6.07) is 0. The zero-order valence-electron chi connectivity index (χ0n) is 21.7. The van der Waals surface area contributed by atoms with Crippen molar-refractivity contribution in [3.8, 4) is 0 Å². The predicted molar refractivity (Wildman–Crippen MR) is 136 cm³/mol. The third kappa shape index (κ3) is 43.6. The van der Waals surface area contributed by atoms with Gasteiger partial charge < -0.3 is 15.7 Å². The van der Waals surface area contributed by atoms with Crippen molar-refractivity contribution < 1.29 is 14.7 Å². The molecule has 5 heteroatoms. The summed E-state index contributed by atoms with van der Waals surface area (Å²) in [4.78, 5) is 21.9. The predicted octanol–water partition coefficient (Wildman–Crippen LogP) is 7.17. The molecule has 188 valence electrons. The molecule has 0 rings (SSSR count). The number of amides is 1. The highest BCUT2D eigenvalue weighted by molar-refractivity contribution is 5.73. The normalized spacial score (nSPS) is 10.1. The van der Waals surface area contributed by atoms with Crippen LogP contribution in [-0.4, -0.2) is 41.5 Å². The van der Waals surface area contributed by atoms with Gasteiger partial charge in [-0.15, -0.1) is 0 Å². The second-order valence-electron chi connectivity index (χ2n) is 8.30. The first kappa shape index (κ1) is 34.5. The zero-order valence-corrected chi connectivity index (χ0v) is 21.7. The van der Waals surface area contributed by atoms with E-state index >= 15 is 0 Å². The molecule has 0 saturated heterocycles. The number of hydrogen-bond donors (Lipinski definition) is 2. The smallest absolute Gasteiger partial charge is 0.300 e. The number of aliphatic carboxylic acids is 1. The largest absolute Gasteiger partial charge is 0.481 e. The van der Waals surface area contributed by atoms with Gasteiger partial charge in [-0.3, -0.25) is 9.59 Å². The number of carbonyl (C=O) groups excluding carboxylic acids is 1. The highest BCUT2D eigenvalue weighted by Crippen LogP contribution is 2.13. The molecule has 0 heterocycles. The van der Waals surface area contributed by atoms with E-state index in [0.717, 1.165) is 13.3 Å². The Hall–Kier alpha value is -1.10. The summed E-state index contributed by atoms with van der Waals surface area (Å²) in [6.45, 7) is 13.5. The number of carbonyl (C=O) groups is 2. The molecule has 0 fully saturated rings. The Balaban J connectivity index is -0.000000585. The fourth-order valence-corrected chi connectivity index (χ4v) is 3.34. The van der Waals surface area contributed by atoms with E-state index in [-0.39, 0.29) is 5.91 Å². The fourth-order valence-electron chi connectivity index (χ4n) is 3.34. The first-order valence-electron chi connectivity index (χ1n) is 13.1. The number of rotatable bonds is 19. The molecule has 0 bridgehead atoms. The van der Waals surface area contributed by atoms with Crippen LogP contribution >= 0.6 is 0 Å². The molecule has 0 aliphatic heterocycles. The highest BCUT2D eigenvalue weighted by atomic mass is 16.4. The number of carboxylic acid groups (broad SMARTS) is 1. The van der Waals surface area contributed by atoms with Crippen molar-refractivity contribution in [1.82, 2.24) is 4.90 Å². The lowest BCUT2D eigenvalue weighted by Crippen LogP contribution is -2.21. The third-order valence-corrected chi connectivity index (χ3v) is 5.37. The average molecular weight is 445 g/mol. The van der Waals surface area contributed by atoms with Crippen molar-refractivity contribution in [2.45, 2.75) is 137 Å². The fraction of sp³-hybridized carbons (Fsp3) is 0.923. The van der Waals surface area contributed by atoms with Crippen molar-refractivity contribution in [2.24, 2.45) is 5.73 Å². The van der Waals surface area contributed by atoms with Gasteiger partial charge in [0.1, 0.15) is 0 Å². The summed E-state index contributed by atoms with van der Waals surface area (Å²) in [7, 11) is 0. The Morgan fingerprint density at radius 3 is 1.06 bits per heavy atom. The molecule has 5 nitrogen and oxygen atoms in total. The van der Waals surface area contributed by atoms with Crippen molar-refractivity contribution in [2.75, 3.05) is 19.6 Å². The summed E-state index contributed by atoms with van der Waals surface area (Å²) in [5.41, 5.74) is 5.11. The highest BCUT2D eigenvalue weighted by Gasteiger charge is 1.96. The van der Waals surface area contributed by atoms with E-state index in [1.165, 1.54) is 110 Å². The number of nitrogens with two attached hydrogens (primary N) is 1. The van der Waals surface area contributed by atoms with Crippen LogP contribution in [0.4, 0.5) is 0 Å². The van der Waals surface area contributed by atoms with Gasteiger partial charge in [-0.1, -0.05) is 118 Å². The van der Waals surface area contributed by atoms with Gasteiger partial charge in [0.05, 0.1) is 0 Å². The van der Waals surface area contributed by atoms with Crippen LogP contribution in [0, 0.1) is 0 Å². The topological polar surface area (TPSA) is 83.6 Å². The number of primary amides is 1. The van der Waals surface area contributed by atoms with Crippen molar-refractivity contribution >= 4 is 11.9 Å². The standard InChI is InChI=1S/C18H37NO.C6H15N.C2H4O2/c1-2-3-4-5-6-7-8-9-10-11-12-13-14-15-16-17-18(19)20;1-4-7(5-2)6-3;1-2(3)4/h2-17H2,1H3,(H2,19,20);4-6H2,1-3H3;1H3,(H,3,4). The van der Waals surface area contributed by atoms with E-state index in [9.17, 15) is 4.79 Å². The van der Waals surface area contributed by atoms with Gasteiger partial charge in [0.2, 0.25) is 5.91 Å². The average Bonchev–Trinajstić information content (AvgIpc) is 2.72.